The van der Waals surface area contributed by atoms with Crippen molar-refractivity contribution in [2.45, 2.75) is 65.0 Å². The van der Waals surface area contributed by atoms with Crippen molar-refractivity contribution in [2.75, 3.05) is 77.9 Å². The van der Waals surface area contributed by atoms with Crippen LogP contribution >= 0.6 is 11.6 Å². The molecule has 0 aromatic rings. The van der Waals surface area contributed by atoms with Gasteiger partial charge in [0.2, 0.25) is 0 Å². The maximum atomic E-state index is 11.9. The number of ether oxygens (including phenoxy) is 2. The number of rotatable bonds is 7. The predicted molar refractivity (Wildman–Crippen MR) is 155 cm³/mol. The minimum atomic E-state index is -0.668. The summed E-state index contributed by atoms with van der Waals surface area (Å²) in [4.78, 5) is 35.3. The SMILES string of the molecule is CC(C)(C)OC(=O)N1CCN(CC(O)CCl)CC1.CC(C)(C)OC(=O)N1CCN(CC(O)CN=[N+]=[N-])CC1.[N-]=[N+]=[N-].[Na+]. The average Bonchev–Trinajstić information content (AvgIpc) is 2.87. The summed E-state index contributed by atoms with van der Waals surface area (Å²) in [6.07, 6.45) is -1.73. The number of carbonyl (C=O) groups excluding carboxylic acids is 2. The van der Waals surface area contributed by atoms with Gasteiger partial charge in [0.15, 0.2) is 0 Å². The van der Waals surface area contributed by atoms with Crippen LogP contribution in [-0.4, -0.2) is 143 Å². The second kappa shape index (κ2) is 21.9. The molecule has 0 radical (unpaired) electrons. The van der Waals surface area contributed by atoms with E-state index in [4.69, 9.17) is 37.7 Å². The zero-order valence-electron chi connectivity index (χ0n) is 26.0. The fraction of sp³-hybridized carbons (Fsp3) is 0.917. The fourth-order valence-electron chi connectivity index (χ4n) is 3.71. The van der Waals surface area contributed by atoms with Gasteiger partial charge in [0.1, 0.15) is 11.2 Å². The summed E-state index contributed by atoms with van der Waals surface area (Å²) in [5.74, 6) is 0.242. The van der Waals surface area contributed by atoms with E-state index in [1.165, 1.54) is 4.91 Å². The van der Waals surface area contributed by atoms with Crippen molar-refractivity contribution >= 4 is 23.8 Å². The molecule has 2 heterocycles. The van der Waals surface area contributed by atoms with Crippen molar-refractivity contribution in [3.05, 3.63) is 26.4 Å². The minimum Gasteiger partial charge on any atom is -0.444 e. The van der Waals surface area contributed by atoms with Gasteiger partial charge in [-0.1, -0.05) is 5.11 Å². The summed E-state index contributed by atoms with van der Waals surface area (Å²) in [7, 11) is 0. The van der Waals surface area contributed by atoms with E-state index in [-0.39, 0.29) is 54.2 Å². The van der Waals surface area contributed by atoms with Gasteiger partial charge in [0.05, 0.1) is 18.8 Å². The van der Waals surface area contributed by atoms with Gasteiger partial charge in [-0.15, -0.1) is 11.6 Å². The average molecular weight is 629 g/mol. The number of azide groups is 1. The Balaban J connectivity index is 0. The number of hydrogen-bond donors (Lipinski definition) is 2. The molecule has 0 aromatic carbocycles. The van der Waals surface area contributed by atoms with E-state index in [2.05, 4.69) is 14.9 Å². The van der Waals surface area contributed by atoms with Gasteiger partial charge in [0, 0.05) is 76.2 Å². The van der Waals surface area contributed by atoms with Crippen LogP contribution in [0.1, 0.15) is 41.5 Å². The van der Waals surface area contributed by atoms with E-state index in [1.807, 2.05) is 46.4 Å². The molecule has 18 heteroatoms. The number of piperazine rings is 2. The van der Waals surface area contributed by atoms with Crippen LogP contribution < -0.4 is 29.6 Å². The maximum absolute atomic E-state index is 11.9. The quantitative estimate of drug-likeness (QED) is 0.130. The number of β-amino-alcohol motifs (C(OH)–C–C–N with tert-alkyl or cyclic N) is 2. The number of amides is 2. The number of hydrogen-bond acceptors (Lipinski definition) is 9. The van der Waals surface area contributed by atoms with Crippen molar-refractivity contribution in [1.29, 1.82) is 0 Å². The molecule has 2 aliphatic rings. The first-order chi connectivity index (χ1) is 19.0. The molecule has 2 rings (SSSR count). The smallest absolute Gasteiger partial charge is 0.444 e. The zero-order chi connectivity index (χ0) is 31.6. The second-order valence-electron chi connectivity index (χ2n) is 11.5. The Hall–Kier alpha value is -1.71. The summed E-state index contributed by atoms with van der Waals surface area (Å²) < 4.78 is 10.6. The number of nitrogens with zero attached hydrogens (tertiary/aromatic N) is 10. The van der Waals surface area contributed by atoms with Crippen molar-refractivity contribution in [2.24, 2.45) is 5.11 Å². The third kappa shape index (κ3) is 21.1. The molecular weight excluding hydrogens is 583 g/mol. The Kier molecular flexibility index (Phi) is 22.1. The first-order valence-electron chi connectivity index (χ1n) is 13.4. The summed E-state index contributed by atoms with van der Waals surface area (Å²) in [5.41, 5.74) is 20.7. The van der Waals surface area contributed by atoms with Crippen LogP contribution in [0.25, 0.3) is 26.4 Å². The molecule has 0 bridgehead atoms. The van der Waals surface area contributed by atoms with E-state index in [0.29, 0.717) is 52.4 Å². The molecule has 236 valence electrons. The molecule has 0 saturated carbocycles. The number of halogens is 1. The largest absolute Gasteiger partial charge is 1.00 e. The minimum absolute atomic E-state index is 0. The molecule has 2 unspecified atom stereocenters. The van der Waals surface area contributed by atoms with Crippen LogP contribution in [0.2, 0.25) is 0 Å². The predicted octanol–water partition coefficient (Wildman–Crippen LogP) is 0.219. The van der Waals surface area contributed by atoms with E-state index >= 15 is 0 Å². The third-order valence-corrected chi connectivity index (χ3v) is 5.88. The Morgan fingerprint density at radius 3 is 1.40 bits per heavy atom. The van der Waals surface area contributed by atoms with Crippen LogP contribution in [0.3, 0.4) is 0 Å². The van der Waals surface area contributed by atoms with Gasteiger partial charge in [-0.05, 0) is 47.1 Å². The first-order valence-corrected chi connectivity index (χ1v) is 13.9. The van der Waals surface area contributed by atoms with Crippen LogP contribution in [0.5, 0.6) is 0 Å². The Labute approximate surface area is 275 Å². The summed E-state index contributed by atoms with van der Waals surface area (Å²) >= 11 is 5.56. The van der Waals surface area contributed by atoms with Crippen LogP contribution in [0.15, 0.2) is 5.11 Å². The van der Waals surface area contributed by atoms with Gasteiger partial charge >= 0.3 is 41.7 Å². The molecule has 42 heavy (non-hydrogen) atoms. The second-order valence-corrected chi connectivity index (χ2v) is 11.8. The molecule has 2 N–H and O–H groups in total. The van der Waals surface area contributed by atoms with Crippen LogP contribution in [0.4, 0.5) is 9.59 Å². The van der Waals surface area contributed by atoms with E-state index < -0.39 is 23.4 Å². The van der Waals surface area contributed by atoms with Gasteiger partial charge in [-0.2, -0.15) is 0 Å². The van der Waals surface area contributed by atoms with Gasteiger partial charge < -0.3 is 40.5 Å². The summed E-state index contributed by atoms with van der Waals surface area (Å²) in [6.45, 7) is 17.4. The van der Waals surface area contributed by atoms with Gasteiger partial charge in [0.25, 0.3) is 0 Å². The standard InChI is InChI=1S/C12H23ClN2O3.C12H23N5O3.N3.Na/c1-12(2,3)18-11(17)15-6-4-14(5-7-15)9-10(16)8-13;1-12(2,3)20-11(19)17-6-4-16(5-7-17)9-10(18)8-14-15-13;1-3-2;/h10,16H,4-9H2,1-3H3;10,18H,4-9H2,1-3H3;;/q;;-1;+1. The molecule has 16 nitrogen and oxygen atoms in total. The van der Waals surface area contributed by atoms with E-state index in [9.17, 15) is 19.8 Å². The van der Waals surface area contributed by atoms with Crippen molar-refractivity contribution in [3.63, 3.8) is 0 Å². The normalized spacial score (nSPS) is 17.4. The Bertz CT molecular complexity index is 863. The van der Waals surface area contributed by atoms with Gasteiger partial charge in [-0.25, -0.2) is 9.59 Å². The molecule has 2 atom stereocenters. The summed E-state index contributed by atoms with van der Waals surface area (Å²) in [6, 6.07) is 0. The monoisotopic (exact) mass is 628 g/mol. The fourth-order valence-corrected chi connectivity index (χ4v) is 3.81. The molecule has 0 spiro atoms. The van der Waals surface area contributed by atoms with Crippen molar-refractivity contribution in [1.82, 2.24) is 19.6 Å². The molecule has 2 amide bonds. The van der Waals surface area contributed by atoms with E-state index in [1.54, 1.807) is 9.80 Å². The van der Waals surface area contributed by atoms with Gasteiger partial charge in [-0.3, -0.25) is 14.7 Å². The number of aliphatic hydroxyl groups is 2. The molecule has 2 saturated heterocycles. The van der Waals surface area contributed by atoms with Crippen molar-refractivity contribution < 1.29 is 58.8 Å². The molecule has 0 aliphatic carbocycles. The van der Waals surface area contributed by atoms with Crippen LogP contribution in [0, 0.1) is 0 Å². The maximum Gasteiger partial charge on any atom is 1.00 e. The zero-order valence-corrected chi connectivity index (χ0v) is 28.8. The number of alkyl halides is 1. The molecular formula is C24H46ClN10NaO6. The van der Waals surface area contributed by atoms with Crippen LogP contribution in [-0.2, 0) is 9.47 Å². The van der Waals surface area contributed by atoms with E-state index in [0.717, 1.165) is 13.1 Å². The van der Waals surface area contributed by atoms with Crippen molar-refractivity contribution in [3.8, 4) is 0 Å². The topological polar surface area (TPSA) is 213 Å². The first kappa shape index (κ1) is 42.4. The third-order valence-electron chi connectivity index (χ3n) is 5.52. The Morgan fingerprint density at radius 1 is 0.786 bits per heavy atom. The number of aliphatic hydroxyl groups excluding tert-OH is 2. The molecule has 0 aromatic heterocycles. The molecule has 2 fully saturated rings. The Morgan fingerprint density at radius 2 is 1.12 bits per heavy atom. The number of carbonyl (C=O) groups is 2. The summed E-state index contributed by atoms with van der Waals surface area (Å²) in [5, 5.41) is 22.4. The molecule has 2 aliphatic heterocycles.